The van der Waals surface area contributed by atoms with Gasteiger partial charge in [-0.05, 0) is 23.1 Å². The number of hydrogen-bond acceptors (Lipinski definition) is 9. The molecule has 0 unspecified atom stereocenters. The summed E-state index contributed by atoms with van der Waals surface area (Å²) in [5.41, 5.74) is 0. The number of carbonyl (C=O) groups excluding carboxylic acids is 2. The summed E-state index contributed by atoms with van der Waals surface area (Å²) in [7, 11) is 0. The van der Waals surface area contributed by atoms with Crippen LogP contribution >= 0.6 is 69.5 Å². The van der Waals surface area contributed by atoms with E-state index >= 15 is 0 Å². The third-order valence-electron chi connectivity index (χ3n) is 2.74. The minimum absolute atomic E-state index is 0.0513. The quantitative estimate of drug-likeness (QED) is 0.455. The van der Waals surface area contributed by atoms with E-state index in [0.29, 0.717) is 0 Å². The number of aromatic nitrogens is 2. The average molecular weight is 528 g/mol. The van der Waals surface area contributed by atoms with Crippen LogP contribution in [-0.4, -0.2) is 51.1 Å². The maximum atomic E-state index is 11.8. The molecule has 0 saturated heterocycles. The highest BCUT2D eigenvalue weighted by molar-refractivity contribution is 7.75. The standard InChI is InChI=1S/C12H10Cl4N4O5S3/c13-5-7(26-19-9(5)15)11(21)17-1-3-24-28(23)25-4-2-18-12(22)8-6(14)10(16)20-27-8/h1-4H2,(H,17,21)(H,18,22). The Morgan fingerprint density at radius 1 is 0.857 bits per heavy atom. The molecule has 0 atom stereocenters. The Morgan fingerprint density at radius 3 is 1.57 bits per heavy atom. The highest BCUT2D eigenvalue weighted by Crippen LogP contribution is 2.28. The Hall–Kier alpha value is -0.570. The fourth-order valence-corrected chi connectivity index (χ4v) is 4.31. The van der Waals surface area contributed by atoms with E-state index in [1.165, 1.54) is 0 Å². The number of halogens is 4. The van der Waals surface area contributed by atoms with Crippen LogP contribution in [-0.2, 0) is 19.7 Å². The zero-order chi connectivity index (χ0) is 20.7. The Morgan fingerprint density at radius 2 is 1.25 bits per heavy atom. The molecule has 0 aromatic carbocycles. The molecular formula is C12H10Cl4N4O5S3. The van der Waals surface area contributed by atoms with Crippen LogP contribution in [0.4, 0.5) is 0 Å². The molecule has 0 spiro atoms. The maximum absolute atomic E-state index is 11.8. The second-order valence-electron chi connectivity index (χ2n) is 4.59. The van der Waals surface area contributed by atoms with Crippen LogP contribution in [0.1, 0.15) is 19.3 Å². The largest absolute Gasteiger partial charge is 0.349 e. The zero-order valence-electron chi connectivity index (χ0n) is 13.5. The molecule has 0 fully saturated rings. The molecule has 2 N–H and O–H groups in total. The third-order valence-corrected chi connectivity index (χ3v) is 7.05. The van der Waals surface area contributed by atoms with E-state index < -0.39 is 23.2 Å². The molecule has 0 bridgehead atoms. The van der Waals surface area contributed by atoms with E-state index in [4.69, 9.17) is 54.8 Å². The molecule has 0 radical (unpaired) electrons. The molecule has 2 aromatic heterocycles. The summed E-state index contributed by atoms with van der Waals surface area (Å²) in [6, 6.07) is 0. The van der Waals surface area contributed by atoms with Gasteiger partial charge in [-0.3, -0.25) is 18.0 Å². The number of hydrogen-bond donors (Lipinski definition) is 2. The van der Waals surface area contributed by atoms with E-state index in [1.54, 1.807) is 0 Å². The third kappa shape index (κ3) is 6.75. The first-order valence-electron chi connectivity index (χ1n) is 7.17. The van der Waals surface area contributed by atoms with Gasteiger partial charge in [-0.15, -0.1) is 0 Å². The first-order chi connectivity index (χ1) is 13.3. The molecule has 2 rings (SSSR count). The highest BCUT2D eigenvalue weighted by atomic mass is 35.5. The number of rotatable bonds is 10. The lowest BCUT2D eigenvalue weighted by atomic mass is 10.4. The summed E-state index contributed by atoms with van der Waals surface area (Å²) < 4.78 is 28.8. The molecule has 0 aliphatic rings. The van der Waals surface area contributed by atoms with Crippen LogP contribution in [0.15, 0.2) is 0 Å². The van der Waals surface area contributed by atoms with E-state index in [1.807, 2.05) is 0 Å². The van der Waals surface area contributed by atoms with Crippen LogP contribution in [0.25, 0.3) is 0 Å². The van der Waals surface area contributed by atoms with Crippen molar-refractivity contribution in [2.45, 2.75) is 0 Å². The van der Waals surface area contributed by atoms with Crippen LogP contribution in [0.3, 0.4) is 0 Å². The van der Waals surface area contributed by atoms with Gasteiger partial charge in [0.2, 0.25) is 0 Å². The van der Waals surface area contributed by atoms with Crippen LogP contribution in [0, 0.1) is 0 Å². The van der Waals surface area contributed by atoms with Gasteiger partial charge in [-0.2, -0.15) is 13.0 Å². The summed E-state index contributed by atoms with van der Waals surface area (Å²) in [5.74, 6) is -0.955. The van der Waals surface area contributed by atoms with E-state index in [2.05, 4.69) is 19.4 Å². The smallest absolute Gasteiger partial charge is 0.304 e. The van der Waals surface area contributed by atoms with Crippen molar-refractivity contribution in [2.24, 2.45) is 0 Å². The molecule has 2 amide bonds. The molecule has 154 valence electrons. The summed E-state index contributed by atoms with van der Waals surface area (Å²) in [4.78, 5) is 24.0. The Bertz CT molecular complexity index is 809. The Labute approximate surface area is 189 Å². The topological polar surface area (TPSA) is 120 Å². The molecule has 0 aliphatic carbocycles. The number of carbonyl (C=O) groups is 2. The van der Waals surface area contributed by atoms with Gasteiger partial charge in [0.25, 0.3) is 11.8 Å². The predicted molar refractivity (Wildman–Crippen MR) is 109 cm³/mol. The maximum Gasteiger partial charge on any atom is 0.304 e. The molecule has 2 aromatic rings. The summed E-state index contributed by atoms with van der Waals surface area (Å²) in [6.45, 7) is -0.0457. The van der Waals surface area contributed by atoms with Gasteiger partial charge < -0.3 is 10.6 Å². The molecule has 0 saturated carbocycles. The first kappa shape index (κ1) is 23.7. The van der Waals surface area contributed by atoms with E-state index in [0.717, 1.165) is 23.1 Å². The average Bonchev–Trinajstić information content (AvgIpc) is 3.18. The van der Waals surface area contributed by atoms with Gasteiger partial charge in [0, 0.05) is 13.1 Å². The first-order valence-corrected chi connectivity index (χ1v) is 11.2. The minimum Gasteiger partial charge on any atom is -0.349 e. The summed E-state index contributed by atoms with van der Waals surface area (Å²) in [6.07, 6.45) is 0. The van der Waals surface area contributed by atoms with Crippen molar-refractivity contribution in [3.05, 3.63) is 30.1 Å². The molecule has 9 nitrogen and oxygen atoms in total. The highest BCUT2D eigenvalue weighted by Gasteiger charge is 2.18. The van der Waals surface area contributed by atoms with Crippen molar-refractivity contribution < 1.29 is 22.2 Å². The van der Waals surface area contributed by atoms with Gasteiger partial charge in [0.05, 0.1) is 13.2 Å². The van der Waals surface area contributed by atoms with E-state index in [-0.39, 0.29) is 56.4 Å². The molecule has 2 heterocycles. The number of nitrogens with zero attached hydrogens (tertiary/aromatic N) is 2. The minimum atomic E-state index is -2.06. The number of amides is 2. The predicted octanol–water partition coefficient (Wildman–Crippen LogP) is 2.98. The van der Waals surface area contributed by atoms with Gasteiger partial charge in [0.15, 0.2) is 10.3 Å². The van der Waals surface area contributed by atoms with Crippen LogP contribution in [0.2, 0.25) is 20.4 Å². The van der Waals surface area contributed by atoms with Crippen LogP contribution in [0.5, 0.6) is 0 Å². The molecule has 28 heavy (non-hydrogen) atoms. The van der Waals surface area contributed by atoms with Gasteiger partial charge in [0.1, 0.15) is 19.8 Å². The monoisotopic (exact) mass is 526 g/mol. The van der Waals surface area contributed by atoms with Crippen molar-refractivity contribution in [1.82, 2.24) is 19.4 Å². The van der Waals surface area contributed by atoms with Crippen molar-refractivity contribution in [1.29, 1.82) is 0 Å². The lowest BCUT2D eigenvalue weighted by Gasteiger charge is -2.06. The van der Waals surface area contributed by atoms with Crippen molar-refractivity contribution >= 4 is 92.6 Å². The van der Waals surface area contributed by atoms with E-state index in [9.17, 15) is 13.8 Å². The lowest BCUT2D eigenvalue weighted by molar-refractivity contribution is 0.0946. The van der Waals surface area contributed by atoms with Crippen LogP contribution < -0.4 is 10.6 Å². The summed E-state index contributed by atoms with van der Waals surface area (Å²) in [5, 5.41) is 5.25. The fraction of sp³-hybridized carbons (Fsp3) is 0.333. The molecule has 16 heteroatoms. The summed E-state index contributed by atoms with van der Waals surface area (Å²) >= 11 is 22.6. The SMILES string of the molecule is O=C(NCCOS(=O)OCCNC(=O)c1snc(Cl)c1Cl)c1snc(Cl)c1Cl. The Kier molecular flexibility index (Phi) is 9.80. The second-order valence-corrected chi connectivity index (χ2v) is 8.49. The van der Waals surface area contributed by atoms with Crippen molar-refractivity contribution in [3.8, 4) is 0 Å². The number of nitrogens with one attached hydrogen (secondary N) is 2. The zero-order valence-corrected chi connectivity index (χ0v) is 19.0. The van der Waals surface area contributed by atoms with Gasteiger partial charge >= 0.3 is 11.4 Å². The fourth-order valence-electron chi connectivity index (χ4n) is 1.54. The van der Waals surface area contributed by atoms with Crippen molar-refractivity contribution in [3.63, 3.8) is 0 Å². The normalized spacial score (nSPS) is 11.0. The van der Waals surface area contributed by atoms with Gasteiger partial charge in [-0.25, -0.2) is 0 Å². The second kappa shape index (κ2) is 11.6. The molecule has 0 aliphatic heterocycles. The van der Waals surface area contributed by atoms with Crippen molar-refractivity contribution in [2.75, 3.05) is 26.3 Å². The molecular weight excluding hydrogens is 518 g/mol. The van der Waals surface area contributed by atoms with Gasteiger partial charge in [-0.1, -0.05) is 46.4 Å². The Balaban J connectivity index is 1.58. The lowest BCUT2D eigenvalue weighted by Crippen LogP contribution is -2.28.